The van der Waals surface area contributed by atoms with Gasteiger partial charge in [-0.15, -0.1) is 0 Å². The number of furan rings is 1. The summed E-state index contributed by atoms with van der Waals surface area (Å²) in [5, 5.41) is 0. The van der Waals surface area contributed by atoms with Crippen molar-refractivity contribution in [2.24, 2.45) is 0 Å². The molecule has 0 unspecified atom stereocenters. The van der Waals surface area contributed by atoms with Gasteiger partial charge in [-0.2, -0.15) is 0 Å². The van der Waals surface area contributed by atoms with Crippen molar-refractivity contribution < 1.29 is 9.21 Å². The average molecular weight is 271 g/mol. The van der Waals surface area contributed by atoms with Crippen LogP contribution in [0.4, 0.5) is 0 Å². The summed E-state index contributed by atoms with van der Waals surface area (Å²) in [4.78, 5) is 14.1. The average Bonchev–Trinajstić information content (AvgIpc) is 2.92. The third kappa shape index (κ3) is 4.07. The number of nitrogens with zero attached hydrogens (tertiary/aromatic N) is 1. The van der Waals surface area contributed by atoms with Crippen LogP contribution in [0.2, 0.25) is 0 Å². The van der Waals surface area contributed by atoms with Crippen molar-refractivity contribution in [3.63, 3.8) is 0 Å². The van der Waals surface area contributed by atoms with Gasteiger partial charge in [-0.25, -0.2) is 0 Å². The monoisotopic (exact) mass is 271 g/mol. The number of carbonyl (C=O) groups is 1. The number of likely N-dealkylation sites (N-methyl/N-ethyl adjacent to an activating group) is 1. The predicted molar refractivity (Wildman–Crippen MR) is 79.8 cm³/mol. The Morgan fingerprint density at radius 2 is 1.95 bits per heavy atom. The zero-order chi connectivity index (χ0) is 14.4. The molecule has 1 heterocycles. The highest BCUT2D eigenvalue weighted by Gasteiger charge is 2.10. The second-order valence-electron chi connectivity index (χ2n) is 5.12. The molecule has 20 heavy (non-hydrogen) atoms. The van der Waals surface area contributed by atoms with Crippen LogP contribution in [0.25, 0.3) is 0 Å². The van der Waals surface area contributed by atoms with Crippen LogP contribution in [-0.4, -0.2) is 24.3 Å². The first-order valence-corrected chi connectivity index (χ1v) is 7.02. The normalized spacial score (nSPS) is 10.9. The third-order valence-electron chi connectivity index (χ3n) is 3.23. The van der Waals surface area contributed by atoms with Gasteiger partial charge >= 0.3 is 0 Å². The molecule has 3 heteroatoms. The minimum Gasteiger partial charge on any atom is -0.468 e. The number of ketones is 1. The number of aryl methyl sites for hydroxylation is 1. The summed E-state index contributed by atoms with van der Waals surface area (Å²) in [5.74, 6) is 1.01. The summed E-state index contributed by atoms with van der Waals surface area (Å²) in [6.07, 6.45) is 3.84. The molecule has 0 fully saturated rings. The van der Waals surface area contributed by atoms with Crippen LogP contribution in [0.3, 0.4) is 0 Å². The van der Waals surface area contributed by atoms with E-state index >= 15 is 0 Å². The summed E-state index contributed by atoms with van der Waals surface area (Å²) >= 11 is 0. The van der Waals surface area contributed by atoms with E-state index in [-0.39, 0.29) is 5.78 Å². The van der Waals surface area contributed by atoms with E-state index in [1.54, 1.807) is 6.26 Å². The van der Waals surface area contributed by atoms with Gasteiger partial charge in [-0.05, 0) is 31.2 Å². The van der Waals surface area contributed by atoms with E-state index in [1.165, 1.54) is 5.56 Å². The molecule has 0 bridgehead atoms. The summed E-state index contributed by atoms with van der Waals surface area (Å²) < 4.78 is 5.28. The van der Waals surface area contributed by atoms with Gasteiger partial charge < -0.3 is 4.42 Å². The Balaban J connectivity index is 1.90. The maximum absolute atomic E-state index is 12.2. The zero-order valence-corrected chi connectivity index (χ0v) is 12.1. The highest BCUT2D eigenvalue weighted by atomic mass is 16.3. The van der Waals surface area contributed by atoms with E-state index in [4.69, 9.17) is 4.42 Å². The van der Waals surface area contributed by atoms with Crippen molar-refractivity contribution in [2.45, 2.75) is 26.3 Å². The van der Waals surface area contributed by atoms with Crippen molar-refractivity contribution in [3.8, 4) is 0 Å². The molecule has 0 aliphatic carbocycles. The van der Waals surface area contributed by atoms with E-state index in [2.05, 4.69) is 6.92 Å². The van der Waals surface area contributed by atoms with Crippen LogP contribution in [0.15, 0.2) is 47.1 Å². The highest BCUT2D eigenvalue weighted by molar-refractivity contribution is 5.97. The zero-order valence-electron chi connectivity index (χ0n) is 12.1. The number of carbonyl (C=O) groups excluding carboxylic acids is 1. The van der Waals surface area contributed by atoms with E-state index in [0.717, 1.165) is 24.2 Å². The predicted octanol–water partition coefficient (Wildman–Crippen LogP) is 3.55. The molecule has 106 valence electrons. The van der Waals surface area contributed by atoms with Crippen LogP contribution >= 0.6 is 0 Å². The molecule has 1 aromatic heterocycles. The maximum atomic E-state index is 12.2. The smallest absolute Gasteiger partial charge is 0.176 e. The van der Waals surface area contributed by atoms with Crippen molar-refractivity contribution in [3.05, 3.63) is 59.5 Å². The van der Waals surface area contributed by atoms with Gasteiger partial charge in [0.05, 0.1) is 19.4 Å². The first kappa shape index (κ1) is 14.5. The molecule has 0 spiro atoms. The molecule has 3 nitrogen and oxygen atoms in total. The summed E-state index contributed by atoms with van der Waals surface area (Å²) in [6, 6.07) is 11.7. The summed E-state index contributed by atoms with van der Waals surface area (Å²) in [7, 11) is 1.92. The van der Waals surface area contributed by atoms with Gasteiger partial charge in [-0.1, -0.05) is 37.6 Å². The fraction of sp³-hybridized carbons (Fsp3) is 0.353. The van der Waals surface area contributed by atoms with E-state index < -0.39 is 0 Å². The second kappa shape index (κ2) is 7.06. The number of hydrogen-bond acceptors (Lipinski definition) is 3. The standard InChI is InChI=1S/C17H21NO2/c1-3-5-14-7-9-15(10-8-14)17(19)13-18(2)12-16-6-4-11-20-16/h4,6-11H,3,5,12-13H2,1-2H3. The molecule has 0 atom stereocenters. The lowest BCUT2D eigenvalue weighted by molar-refractivity contribution is 0.0939. The Kier molecular flexibility index (Phi) is 5.13. The van der Waals surface area contributed by atoms with Gasteiger partial charge in [0, 0.05) is 5.56 Å². The maximum Gasteiger partial charge on any atom is 0.176 e. The van der Waals surface area contributed by atoms with Crippen molar-refractivity contribution in [1.82, 2.24) is 4.90 Å². The SMILES string of the molecule is CCCc1ccc(C(=O)CN(C)Cc2ccco2)cc1. The highest BCUT2D eigenvalue weighted by Crippen LogP contribution is 2.09. The Hall–Kier alpha value is -1.87. The molecule has 2 rings (SSSR count). The molecule has 0 saturated carbocycles. The van der Waals surface area contributed by atoms with Crippen LogP contribution in [0, 0.1) is 0 Å². The topological polar surface area (TPSA) is 33.5 Å². The van der Waals surface area contributed by atoms with E-state index in [9.17, 15) is 4.79 Å². The van der Waals surface area contributed by atoms with Gasteiger partial charge in [0.15, 0.2) is 5.78 Å². The lowest BCUT2D eigenvalue weighted by atomic mass is 10.1. The summed E-state index contributed by atoms with van der Waals surface area (Å²) in [6.45, 7) is 3.20. The van der Waals surface area contributed by atoms with Gasteiger partial charge in [0.2, 0.25) is 0 Å². The van der Waals surface area contributed by atoms with Crippen molar-refractivity contribution in [2.75, 3.05) is 13.6 Å². The number of rotatable bonds is 7. The lowest BCUT2D eigenvalue weighted by Gasteiger charge is -2.14. The molecule has 0 amide bonds. The van der Waals surface area contributed by atoms with Crippen LogP contribution in [0.5, 0.6) is 0 Å². The second-order valence-corrected chi connectivity index (χ2v) is 5.12. The number of benzene rings is 1. The lowest BCUT2D eigenvalue weighted by Crippen LogP contribution is -2.25. The Morgan fingerprint density at radius 3 is 2.55 bits per heavy atom. The van der Waals surface area contributed by atoms with E-state index in [1.807, 2.05) is 48.3 Å². The van der Waals surface area contributed by atoms with Crippen molar-refractivity contribution >= 4 is 5.78 Å². The molecule has 0 aliphatic heterocycles. The fourth-order valence-electron chi connectivity index (χ4n) is 2.21. The fourth-order valence-corrected chi connectivity index (χ4v) is 2.21. The van der Waals surface area contributed by atoms with Crippen LogP contribution in [0.1, 0.15) is 35.0 Å². The Labute approximate surface area is 120 Å². The van der Waals surface area contributed by atoms with Crippen molar-refractivity contribution in [1.29, 1.82) is 0 Å². The van der Waals surface area contributed by atoms with E-state index in [0.29, 0.717) is 13.1 Å². The first-order valence-electron chi connectivity index (χ1n) is 7.02. The largest absolute Gasteiger partial charge is 0.468 e. The van der Waals surface area contributed by atoms with Gasteiger partial charge in [0.1, 0.15) is 5.76 Å². The minimum absolute atomic E-state index is 0.141. The Morgan fingerprint density at radius 1 is 1.20 bits per heavy atom. The number of Topliss-reactive ketones (excluding diaryl/α,β-unsaturated/α-hetero) is 1. The van der Waals surface area contributed by atoms with Gasteiger partial charge in [0.25, 0.3) is 0 Å². The summed E-state index contributed by atoms with van der Waals surface area (Å²) in [5.41, 5.74) is 2.06. The quantitative estimate of drug-likeness (QED) is 0.722. The first-order chi connectivity index (χ1) is 9.69. The minimum atomic E-state index is 0.141. The molecular formula is C17H21NO2. The molecule has 0 radical (unpaired) electrons. The third-order valence-corrected chi connectivity index (χ3v) is 3.23. The molecule has 0 N–H and O–H groups in total. The Bertz CT molecular complexity index is 529. The number of hydrogen-bond donors (Lipinski definition) is 0. The van der Waals surface area contributed by atoms with Crippen LogP contribution < -0.4 is 0 Å². The molecule has 0 aliphatic rings. The molecule has 0 saturated heterocycles. The van der Waals surface area contributed by atoms with Gasteiger partial charge in [-0.3, -0.25) is 9.69 Å². The van der Waals surface area contributed by atoms with Crippen LogP contribution in [-0.2, 0) is 13.0 Å². The molecule has 2 aromatic rings. The molecular weight excluding hydrogens is 250 g/mol. The molecule has 1 aromatic carbocycles.